The highest BCUT2D eigenvalue weighted by atomic mass is 32.2. The average Bonchev–Trinajstić information content (AvgIpc) is 2.77. The third kappa shape index (κ3) is 6.38. The van der Waals surface area contributed by atoms with E-state index >= 15 is 0 Å². The molecule has 0 saturated carbocycles. The van der Waals surface area contributed by atoms with Crippen LogP contribution >= 0.6 is 11.8 Å². The second-order valence-corrected chi connectivity index (χ2v) is 11.7. The van der Waals surface area contributed by atoms with Crippen LogP contribution in [0.25, 0.3) is 0 Å². The van der Waals surface area contributed by atoms with Crippen LogP contribution in [0.2, 0.25) is 0 Å². The van der Waals surface area contributed by atoms with Gasteiger partial charge >= 0.3 is 11.9 Å². The molecule has 1 aromatic carbocycles. The summed E-state index contributed by atoms with van der Waals surface area (Å²) >= 11 is 1.46. The highest BCUT2D eigenvalue weighted by Crippen LogP contribution is 2.37. The van der Waals surface area contributed by atoms with E-state index in [1.54, 1.807) is 41.5 Å². The molecule has 9 heteroatoms. The maximum absolute atomic E-state index is 12.9. The first-order chi connectivity index (χ1) is 15.9. The highest BCUT2D eigenvalue weighted by Gasteiger charge is 2.51. The molecule has 1 aromatic rings. The monoisotopic (exact) mass is 493 g/mol. The molecule has 2 heterocycles. The van der Waals surface area contributed by atoms with Gasteiger partial charge in [0, 0.05) is 5.56 Å². The lowest BCUT2D eigenvalue weighted by atomic mass is 9.95. The van der Waals surface area contributed by atoms with Gasteiger partial charge in [0.15, 0.2) is 12.4 Å². The molecule has 0 bridgehead atoms. The van der Waals surface area contributed by atoms with Gasteiger partial charge in [-0.3, -0.25) is 4.79 Å². The van der Waals surface area contributed by atoms with E-state index in [-0.39, 0.29) is 6.61 Å². The zero-order valence-corrected chi connectivity index (χ0v) is 21.7. The first kappa shape index (κ1) is 26.7. The minimum atomic E-state index is -0.905. The molecule has 0 spiro atoms. The molecule has 2 saturated heterocycles. The Bertz CT molecular complexity index is 891. The lowest BCUT2D eigenvalue weighted by Gasteiger charge is -2.45. The molecule has 2 aliphatic heterocycles. The molecule has 0 aromatic heterocycles. The largest absolute Gasteiger partial charge is 0.453 e. The number of oxime groups is 1. The SMILES string of the molecule is CCSC1OC2COC(c3ccccc3)OC2C(OC(=O)C(C)(C)C)/C1=N/OC(=O)C(C)(C)C. The number of thioether (sulfide) groups is 1. The van der Waals surface area contributed by atoms with E-state index in [9.17, 15) is 9.59 Å². The molecule has 0 radical (unpaired) electrons. The predicted molar refractivity (Wildman–Crippen MR) is 129 cm³/mol. The van der Waals surface area contributed by atoms with E-state index in [2.05, 4.69) is 5.16 Å². The van der Waals surface area contributed by atoms with E-state index in [1.807, 2.05) is 37.3 Å². The Morgan fingerprint density at radius 3 is 2.26 bits per heavy atom. The summed E-state index contributed by atoms with van der Waals surface area (Å²) in [4.78, 5) is 30.7. The van der Waals surface area contributed by atoms with Gasteiger partial charge in [-0.2, -0.15) is 0 Å². The van der Waals surface area contributed by atoms with Gasteiger partial charge in [-0.05, 0) is 47.3 Å². The summed E-state index contributed by atoms with van der Waals surface area (Å²) in [7, 11) is 0. The maximum Gasteiger partial charge on any atom is 0.340 e. The van der Waals surface area contributed by atoms with Crippen molar-refractivity contribution in [3.63, 3.8) is 0 Å². The smallest absolute Gasteiger partial charge is 0.340 e. The van der Waals surface area contributed by atoms with Crippen LogP contribution in [0.1, 0.15) is 60.3 Å². The molecule has 5 atom stereocenters. The molecule has 8 nitrogen and oxygen atoms in total. The minimum absolute atomic E-state index is 0.254. The Morgan fingerprint density at radius 1 is 1.03 bits per heavy atom. The van der Waals surface area contributed by atoms with Crippen molar-refractivity contribution in [3.05, 3.63) is 35.9 Å². The van der Waals surface area contributed by atoms with Gasteiger partial charge < -0.3 is 23.8 Å². The van der Waals surface area contributed by atoms with E-state index in [1.165, 1.54) is 11.8 Å². The fourth-order valence-corrected chi connectivity index (χ4v) is 4.14. The number of hydrogen-bond acceptors (Lipinski definition) is 9. The minimum Gasteiger partial charge on any atom is -0.453 e. The van der Waals surface area contributed by atoms with Crippen molar-refractivity contribution in [2.45, 2.75) is 78.5 Å². The number of nitrogens with zero attached hydrogens (tertiary/aromatic N) is 1. The number of carbonyl (C=O) groups excluding carboxylic acids is 2. The lowest BCUT2D eigenvalue weighted by Crippen LogP contribution is -2.61. The van der Waals surface area contributed by atoms with Crippen LogP contribution in [0.15, 0.2) is 35.5 Å². The number of hydrogen-bond donors (Lipinski definition) is 0. The molecule has 0 N–H and O–H groups in total. The molecule has 34 heavy (non-hydrogen) atoms. The fraction of sp³-hybridized carbons (Fsp3) is 0.640. The van der Waals surface area contributed by atoms with E-state index < -0.39 is 52.8 Å². The van der Waals surface area contributed by atoms with Crippen molar-refractivity contribution < 1.29 is 33.4 Å². The quantitative estimate of drug-likeness (QED) is 0.337. The van der Waals surface area contributed by atoms with Gasteiger partial charge in [0.2, 0.25) is 0 Å². The van der Waals surface area contributed by atoms with Crippen molar-refractivity contribution in [3.8, 4) is 0 Å². The number of benzene rings is 1. The van der Waals surface area contributed by atoms with E-state index in [0.717, 1.165) is 5.56 Å². The van der Waals surface area contributed by atoms with Gasteiger partial charge in [0.25, 0.3) is 0 Å². The van der Waals surface area contributed by atoms with Crippen LogP contribution in [0, 0.1) is 10.8 Å². The van der Waals surface area contributed by atoms with E-state index in [0.29, 0.717) is 11.5 Å². The van der Waals surface area contributed by atoms with Crippen LogP contribution in [-0.2, 0) is 33.4 Å². The number of esters is 1. The summed E-state index contributed by atoms with van der Waals surface area (Å²) in [5.74, 6) is -0.208. The number of carbonyl (C=O) groups is 2. The van der Waals surface area contributed by atoms with Crippen LogP contribution in [0.4, 0.5) is 0 Å². The molecule has 0 amide bonds. The summed E-state index contributed by atoms with van der Waals surface area (Å²) in [6.07, 6.45) is -2.74. The van der Waals surface area contributed by atoms with Crippen molar-refractivity contribution >= 4 is 29.4 Å². The van der Waals surface area contributed by atoms with Gasteiger partial charge in [-0.15, -0.1) is 11.8 Å². The first-order valence-electron chi connectivity index (χ1n) is 11.5. The zero-order valence-electron chi connectivity index (χ0n) is 20.9. The topological polar surface area (TPSA) is 92.7 Å². The van der Waals surface area contributed by atoms with Gasteiger partial charge in [0.05, 0.1) is 17.4 Å². The van der Waals surface area contributed by atoms with Crippen LogP contribution in [-0.4, -0.2) is 53.8 Å². The van der Waals surface area contributed by atoms with Crippen LogP contribution in [0.3, 0.4) is 0 Å². The fourth-order valence-electron chi connectivity index (χ4n) is 3.27. The van der Waals surface area contributed by atoms with Crippen molar-refractivity contribution in [2.24, 2.45) is 16.0 Å². The van der Waals surface area contributed by atoms with Gasteiger partial charge in [-0.25, -0.2) is 4.79 Å². The maximum atomic E-state index is 12.9. The molecule has 2 fully saturated rings. The van der Waals surface area contributed by atoms with Crippen LogP contribution < -0.4 is 0 Å². The Hall–Kier alpha value is -1.94. The zero-order chi connectivity index (χ0) is 25.1. The van der Waals surface area contributed by atoms with Crippen molar-refractivity contribution in [1.29, 1.82) is 0 Å². The van der Waals surface area contributed by atoms with Crippen molar-refractivity contribution in [1.82, 2.24) is 0 Å². The number of ether oxygens (including phenoxy) is 4. The second-order valence-electron chi connectivity index (χ2n) is 10.4. The standard InChI is InChI=1S/C25H35NO7S/c1-8-34-21-17(26-33-23(28)25(5,6)7)19(32-22(27)24(2,3)4)18-16(30-21)14-29-20(31-18)15-12-10-9-11-13-15/h9-13,16,18-21H,8,14H2,1-7H3/b26-17-. The average molecular weight is 494 g/mol. The Balaban J connectivity index is 1.97. The third-order valence-electron chi connectivity index (χ3n) is 5.27. The molecule has 188 valence electrons. The lowest BCUT2D eigenvalue weighted by molar-refractivity contribution is -0.286. The summed E-state index contributed by atoms with van der Waals surface area (Å²) in [5, 5.41) is 4.18. The molecule has 3 rings (SSSR count). The summed E-state index contributed by atoms with van der Waals surface area (Å²) < 4.78 is 24.4. The predicted octanol–water partition coefficient (Wildman–Crippen LogP) is 4.48. The molecule has 0 aliphatic carbocycles. The Morgan fingerprint density at radius 2 is 1.68 bits per heavy atom. The highest BCUT2D eigenvalue weighted by molar-refractivity contribution is 8.00. The van der Waals surface area contributed by atoms with E-state index in [4.69, 9.17) is 23.8 Å². The summed E-state index contributed by atoms with van der Waals surface area (Å²) in [6.45, 7) is 12.8. The summed E-state index contributed by atoms with van der Waals surface area (Å²) in [6, 6.07) is 9.51. The third-order valence-corrected chi connectivity index (χ3v) is 6.26. The molecular weight excluding hydrogens is 458 g/mol. The summed E-state index contributed by atoms with van der Waals surface area (Å²) in [5.41, 5.74) is -0.946. The molecule has 2 aliphatic rings. The van der Waals surface area contributed by atoms with Gasteiger partial charge in [-0.1, -0.05) is 42.4 Å². The Kier molecular flexibility index (Phi) is 8.44. The first-order valence-corrected chi connectivity index (χ1v) is 12.6. The van der Waals surface area contributed by atoms with Crippen LogP contribution in [0.5, 0.6) is 0 Å². The Labute approximate surface area is 205 Å². The van der Waals surface area contributed by atoms with Gasteiger partial charge in [0.1, 0.15) is 23.4 Å². The molecule has 5 unspecified atom stereocenters. The van der Waals surface area contributed by atoms with Crippen molar-refractivity contribution in [2.75, 3.05) is 12.4 Å². The number of rotatable bonds is 5. The molecular formula is C25H35NO7S. The normalized spacial score (nSPS) is 28.8. The second kappa shape index (κ2) is 10.8. The number of fused-ring (bicyclic) bond motifs is 1.